The molecule has 0 bridgehead atoms. The summed E-state index contributed by atoms with van der Waals surface area (Å²) < 4.78 is 0. The maximum absolute atomic E-state index is 12.5. The van der Waals surface area contributed by atoms with E-state index in [-0.39, 0.29) is 24.5 Å². The van der Waals surface area contributed by atoms with Gasteiger partial charge in [-0.05, 0) is 35.4 Å². The van der Waals surface area contributed by atoms with E-state index in [0.29, 0.717) is 5.56 Å². The molecule has 5 heteroatoms. The van der Waals surface area contributed by atoms with Crippen LogP contribution in [0.3, 0.4) is 0 Å². The first-order valence-electron chi connectivity index (χ1n) is 9.99. The van der Waals surface area contributed by atoms with Gasteiger partial charge in [-0.2, -0.15) is 0 Å². The predicted octanol–water partition coefficient (Wildman–Crippen LogP) is 3.83. The molecular formula is C26H25N3O2. The van der Waals surface area contributed by atoms with E-state index in [1.807, 2.05) is 60.7 Å². The number of hydrogen-bond acceptors (Lipinski definition) is 2. The van der Waals surface area contributed by atoms with Crippen LogP contribution in [0.15, 0.2) is 84.9 Å². The van der Waals surface area contributed by atoms with Crippen LogP contribution in [0.5, 0.6) is 0 Å². The Labute approximate surface area is 183 Å². The van der Waals surface area contributed by atoms with E-state index in [1.165, 1.54) is 4.90 Å². The molecule has 0 aliphatic heterocycles. The second kappa shape index (κ2) is 10.7. The highest BCUT2D eigenvalue weighted by Crippen LogP contribution is 2.21. The van der Waals surface area contributed by atoms with Crippen molar-refractivity contribution in [2.24, 2.45) is 0 Å². The molecule has 0 heterocycles. The average Bonchev–Trinajstić information content (AvgIpc) is 2.81. The monoisotopic (exact) mass is 411 g/mol. The Kier molecular flexibility index (Phi) is 7.45. The summed E-state index contributed by atoms with van der Waals surface area (Å²) in [6.45, 7) is 0.209. The number of rotatable bonds is 5. The highest BCUT2D eigenvalue weighted by atomic mass is 16.2. The van der Waals surface area contributed by atoms with E-state index in [1.54, 1.807) is 38.4 Å². The highest BCUT2D eigenvalue weighted by Gasteiger charge is 2.15. The van der Waals surface area contributed by atoms with Crippen molar-refractivity contribution < 1.29 is 9.59 Å². The van der Waals surface area contributed by atoms with Gasteiger partial charge in [-0.25, -0.2) is 4.79 Å². The number of carbonyl (C=O) groups excluding carboxylic acids is 2. The minimum absolute atomic E-state index is 0.0516. The Morgan fingerprint density at radius 2 is 1.39 bits per heavy atom. The van der Waals surface area contributed by atoms with Gasteiger partial charge in [-0.15, -0.1) is 0 Å². The van der Waals surface area contributed by atoms with Gasteiger partial charge in [0.25, 0.3) is 5.91 Å². The lowest BCUT2D eigenvalue weighted by Crippen LogP contribution is -2.38. The third kappa shape index (κ3) is 6.22. The van der Waals surface area contributed by atoms with Crippen molar-refractivity contribution >= 4 is 11.9 Å². The molecule has 3 rings (SSSR count). The van der Waals surface area contributed by atoms with Crippen LogP contribution >= 0.6 is 0 Å². The first kappa shape index (κ1) is 21.7. The largest absolute Gasteiger partial charge is 0.345 e. The SMILES string of the molecule is CN(C)C(=O)c1ccc(C#CCNC(=O)NC(c2ccccc2)c2ccccc2)cc1. The summed E-state index contributed by atoms with van der Waals surface area (Å²) in [6.07, 6.45) is 0. The first-order valence-corrected chi connectivity index (χ1v) is 9.99. The summed E-state index contributed by atoms with van der Waals surface area (Å²) in [5.41, 5.74) is 3.40. The Balaban J connectivity index is 1.59. The smallest absolute Gasteiger partial charge is 0.316 e. The number of benzene rings is 3. The van der Waals surface area contributed by atoms with E-state index in [4.69, 9.17) is 0 Å². The second-order valence-corrected chi connectivity index (χ2v) is 7.16. The number of nitrogens with zero attached hydrogens (tertiary/aromatic N) is 1. The zero-order valence-corrected chi connectivity index (χ0v) is 17.6. The zero-order valence-electron chi connectivity index (χ0n) is 17.6. The molecule has 3 aromatic rings. The summed E-state index contributed by atoms with van der Waals surface area (Å²) in [4.78, 5) is 25.9. The molecule has 0 spiro atoms. The number of nitrogens with one attached hydrogen (secondary N) is 2. The lowest BCUT2D eigenvalue weighted by Gasteiger charge is -2.19. The van der Waals surface area contributed by atoms with Crippen LogP contribution in [-0.4, -0.2) is 37.5 Å². The quantitative estimate of drug-likeness (QED) is 0.627. The van der Waals surface area contributed by atoms with Gasteiger partial charge in [0.15, 0.2) is 0 Å². The molecule has 0 aliphatic carbocycles. The molecule has 0 saturated heterocycles. The van der Waals surface area contributed by atoms with Gasteiger partial charge in [-0.3, -0.25) is 4.79 Å². The Morgan fingerprint density at radius 3 is 1.90 bits per heavy atom. The van der Waals surface area contributed by atoms with Crippen molar-refractivity contribution in [1.29, 1.82) is 0 Å². The lowest BCUT2D eigenvalue weighted by atomic mass is 9.99. The topological polar surface area (TPSA) is 61.4 Å². The average molecular weight is 412 g/mol. The van der Waals surface area contributed by atoms with E-state index < -0.39 is 0 Å². The van der Waals surface area contributed by atoms with Crippen LogP contribution in [0, 0.1) is 11.8 Å². The van der Waals surface area contributed by atoms with E-state index >= 15 is 0 Å². The minimum Gasteiger partial charge on any atom is -0.345 e. The van der Waals surface area contributed by atoms with Gasteiger partial charge >= 0.3 is 6.03 Å². The second-order valence-electron chi connectivity index (χ2n) is 7.16. The first-order chi connectivity index (χ1) is 15.0. The normalized spacial score (nSPS) is 10.0. The molecule has 0 atom stereocenters. The van der Waals surface area contributed by atoms with Crippen molar-refractivity contribution in [1.82, 2.24) is 15.5 Å². The molecule has 0 unspecified atom stereocenters. The fraction of sp³-hybridized carbons (Fsp3) is 0.154. The van der Waals surface area contributed by atoms with Crippen molar-refractivity contribution in [2.75, 3.05) is 20.6 Å². The fourth-order valence-electron chi connectivity index (χ4n) is 3.06. The van der Waals surface area contributed by atoms with Crippen LogP contribution in [0.25, 0.3) is 0 Å². The Morgan fingerprint density at radius 1 is 0.839 bits per heavy atom. The number of urea groups is 1. The molecule has 0 fully saturated rings. The maximum atomic E-state index is 12.5. The summed E-state index contributed by atoms with van der Waals surface area (Å²) in [6, 6.07) is 26.2. The van der Waals surface area contributed by atoms with Gasteiger partial charge in [0, 0.05) is 25.2 Å². The fourth-order valence-corrected chi connectivity index (χ4v) is 3.06. The predicted molar refractivity (Wildman–Crippen MR) is 123 cm³/mol. The van der Waals surface area contributed by atoms with E-state index in [9.17, 15) is 9.59 Å². The number of hydrogen-bond donors (Lipinski definition) is 2. The molecule has 0 saturated carbocycles. The van der Waals surface area contributed by atoms with Gasteiger partial charge in [0.2, 0.25) is 0 Å². The molecule has 5 nitrogen and oxygen atoms in total. The molecule has 2 N–H and O–H groups in total. The van der Waals surface area contributed by atoms with Crippen LogP contribution in [0.1, 0.15) is 33.1 Å². The molecule has 31 heavy (non-hydrogen) atoms. The Hall–Kier alpha value is -4.04. The summed E-state index contributed by atoms with van der Waals surface area (Å²) >= 11 is 0. The number of amides is 3. The zero-order chi connectivity index (χ0) is 22.1. The van der Waals surface area contributed by atoms with Crippen molar-refractivity contribution in [3.63, 3.8) is 0 Å². The molecule has 0 radical (unpaired) electrons. The molecule has 3 amide bonds. The van der Waals surface area contributed by atoms with Crippen LogP contribution in [0.4, 0.5) is 4.79 Å². The van der Waals surface area contributed by atoms with Crippen LogP contribution in [-0.2, 0) is 0 Å². The van der Waals surface area contributed by atoms with Gasteiger partial charge < -0.3 is 15.5 Å². The molecule has 156 valence electrons. The molecular weight excluding hydrogens is 386 g/mol. The molecule has 0 aromatic heterocycles. The van der Waals surface area contributed by atoms with Crippen LogP contribution in [0.2, 0.25) is 0 Å². The standard InChI is InChI=1S/C26H25N3O2/c1-29(2)25(30)23-17-15-20(16-18-23)10-9-19-27-26(31)28-24(21-11-5-3-6-12-21)22-13-7-4-8-14-22/h3-8,11-18,24H,19H2,1-2H3,(H2,27,28,31). The van der Waals surface area contributed by atoms with E-state index in [0.717, 1.165) is 16.7 Å². The molecule has 3 aromatic carbocycles. The maximum Gasteiger partial charge on any atom is 0.316 e. The van der Waals surface area contributed by atoms with Gasteiger partial charge in [0.05, 0.1) is 12.6 Å². The third-order valence-electron chi connectivity index (χ3n) is 4.65. The summed E-state index contributed by atoms with van der Waals surface area (Å²) in [7, 11) is 3.43. The van der Waals surface area contributed by atoms with Crippen molar-refractivity contribution in [2.45, 2.75) is 6.04 Å². The van der Waals surface area contributed by atoms with Crippen molar-refractivity contribution in [3.8, 4) is 11.8 Å². The lowest BCUT2D eigenvalue weighted by molar-refractivity contribution is 0.0827. The Bertz CT molecular complexity index is 1030. The van der Waals surface area contributed by atoms with Gasteiger partial charge in [0.1, 0.15) is 0 Å². The number of carbonyl (C=O) groups is 2. The highest BCUT2D eigenvalue weighted by molar-refractivity contribution is 5.93. The molecule has 0 aliphatic rings. The summed E-state index contributed by atoms with van der Waals surface area (Å²) in [5.74, 6) is 5.88. The third-order valence-corrected chi connectivity index (χ3v) is 4.65. The summed E-state index contributed by atoms with van der Waals surface area (Å²) in [5, 5.41) is 5.80. The van der Waals surface area contributed by atoms with Crippen LogP contribution < -0.4 is 10.6 Å². The van der Waals surface area contributed by atoms with Gasteiger partial charge in [-0.1, -0.05) is 72.5 Å². The van der Waals surface area contributed by atoms with E-state index in [2.05, 4.69) is 22.5 Å². The van der Waals surface area contributed by atoms with Crippen molar-refractivity contribution in [3.05, 3.63) is 107 Å². The minimum atomic E-state index is -0.293.